The molecule has 1 atom stereocenters. The van der Waals surface area contributed by atoms with Gasteiger partial charge in [-0.25, -0.2) is 8.42 Å². The zero-order valence-corrected chi connectivity index (χ0v) is 14.6. The summed E-state index contributed by atoms with van der Waals surface area (Å²) in [7, 11) is -1.44. The highest BCUT2D eigenvalue weighted by Crippen LogP contribution is 2.31. The van der Waals surface area contributed by atoms with Crippen LogP contribution in [0.4, 0.5) is 0 Å². The van der Waals surface area contributed by atoms with Crippen molar-refractivity contribution in [2.45, 2.75) is 36.3 Å². The molecule has 1 saturated heterocycles. The Morgan fingerprint density at radius 2 is 2.25 bits per heavy atom. The molecule has 20 heavy (non-hydrogen) atoms. The Morgan fingerprint density at radius 1 is 1.50 bits per heavy atom. The summed E-state index contributed by atoms with van der Waals surface area (Å²) in [6.07, 6.45) is 1.02. The van der Waals surface area contributed by atoms with E-state index in [1.165, 1.54) is 11.3 Å². The summed E-state index contributed by atoms with van der Waals surface area (Å²) in [6.45, 7) is 6.08. The van der Waals surface area contributed by atoms with Gasteiger partial charge in [-0.15, -0.1) is 11.3 Å². The van der Waals surface area contributed by atoms with E-state index in [1.807, 2.05) is 31.8 Å². The van der Waals surface area contributed by atoms with Gasteiger partial charge in [0.2, 0.25) is 0 Å². The highest BCUT2D eigenvalue weighted by molar-refractivity contribution is 8.00. The molecule has 1 aromatic heterocycles. The molecule has 7 heteroatoms. The Balaban J connectivity index is 2.23. The molecule has 2 rings (SSSR count). The van der Waals surface area contributed by atoms with Gasteiger partial charge in [-0.05, 0) is 32.0 Å². The maximum atomic E-state index is 12.7. The quantitative estimate of drug-likeness (QED) is 0.897. The summed E-state index contributed by atoms with van der Waals surface area (Å²) in [5.74, 6) is 0.894. The fraction of sp³-hybridized carbons (Fsp3) is 0.692. The van der Waals surface area contributed by atoms with Gasteiger partial charge in [-0.2, -0.15) is 16.1 Å². The Labute approximate surface area is 130 Å². The number of hydrogen-bond acceptors (Lipinski definition) is 5. The first-order valence-corrected chi connectivity index (χ1v) is 10.1. The van der Waals surface area contributed by atoms with Crippen LogP contribution in [0.2, 0.25) is 0 Å². The fourth-order valence-corrected chi connectivity index (χ4v) is 6.87. The zero-order valence-electron chi connectivity index (χ0n) is 12.2. The molecule has 4 nitrogen and oxygen atoms in total. The van der Waals surface area contributed by atoms with Gasteiger partial charge in [0.25, 0.3) is 10.0 Å². The molecule has 0 aromatic carbocycles. The number of thiophene rings is 1. The van der Waals surface area contributed by atoms with Crippen molar-refractivity contribution < 1.29 is 8.42 Å². The molecular weight excluding hydrogens is 312 g/mol. The molecule has 0 bridgehead atoms. The van der Waals surface area contributed by atoms with E-state index in [4.69, 9.17) is 0 Å². The van der Waals surface area contributed by atoms with E-state index in [0.717, 1.165) is 29.2 Å². The van der Waals surface area contributed by atoms with E-state index in [0.29, 0.717) is 22.5 Å². The molecule has 1 N–H and O–H groups in total. The minimum atomic E-state index is -3.31. The van der Waals surface area contributed by atoms with Gasteiger partial charge in [-0.3, -0.25) is 0 Å². The number of hydrogen-bond donors (Lipinski definition) is 1. The maximum absolute atomic E-state index is 12.7. The van der Waals surface area contributed by atoms with Crippen LogP contribution in [0.25, 0.3) is 0 Å². The maximum Gasteiger partial charge on any atom is 0.252 e. The molecule has 1 fully saturated rings. The van der Waals surface area contributed by atoms with Crippen LogP contribution in [0.3, 0.4) is 0 Å². The smallest absolute Gasteiger partial charge is 0.252 e. The van der Waals surface area contributed by atoms with Gasteiger partial charge in [0.15, 0.2) is 0 Å². The van der Waals surface area contributed by atoms with Gasteiger partial charge >= 0.3 is 0 Å². The average molecular weight is 335 g/mol. The van der Waals surface area contributed by atoms with Crippen molar-refractivity contribution in [2.75, 3.05) is 25.9 Å². The van der Waals surface area contributed by atoms with Crippen molar-refractivity contribution in [3.8, 4) is 0 Å². The van der Waals surface area contributed by atoms with E-state index in [-0.39, 0.29) is 0 Å². The average Bonchev–Trinajstić information content (AvgIpc) is 2.81. The van der Waals surface area contributed by atoms with Crippen molar-refractivity contribution in [3.05, 3.63) is 16.5 Å². The molecule has 0 spiro atoms. The Bertz CT molecular complexity index is 554. The number of aryl methyl sites for hydroxylation is 1. The van der Waals surface area contributed by atoms with Crippen LogP contribution in [0, 0.1) is 6.92 Å². The highest BCUT2D eigenvalue weighted by Gasteiger charge is 2.31. The molecule has 0 saturated carbocycles. The van der Waals surface area contributed by atoms with Crippen molar-refractivity contribution in [3.63, 3.8) is 0 Å². The molecule has 1 aromatic rings. The lowest BCUT2D eigenvalue weighted by molar-refractivity contribution is 0.417. The minimum absolute atomic E-state index is 0.427. The lowest BCUT2D eigenvalue weighted by atomic mass is 10.3. The van der Waals surface area contributed by atoms with Crippen molar-refractivity contribution in [1.82, 2.24) is 9.62 Å². The van der Waals surface area contributed by atoms with Gasteiger partial charge in [-0.1, -0.05) is 6.92 Å². The predicted octanol–water partition coefficient (Wildman–Crippen LogP) is 2.29. The molecule has 0 amide bonds. The molecular formula is C13H22N2O2S3. The zero-order chi connectivity index (χ0) is 14.8. The molecule has 1 aliphatic heterocycles. The van der Waals surface area contributed by atoms with E-state index in [2.05, 4.69) is 12.2 Å². The van der Waals surface area contributed by atoms with E-state index in [1.54, 1.807) is 4.31 Å². The van der Waals surface area contributed by atoms with Crippen molar-refractivity contribution in [1.29, 1.82) is 0 Å². The van der Waals surface area contributed by atoms with E-state index >= 15 is 0 Å². The van der Waals surface area contributed by atoms with Gasteiger partial charge < -0.3 is 5.32 Å². The van der Waals surface area contributed by atoms with Crippen LogP contribution < -0.4 is 5.32 Å². The third-order valence-corrected chi connectivity index (χ3v) is 8.41. The Hall–Kier alpha value is -0.0800. The number of sulfonamides is 1. The molecule has 0 aliphatic carbocycles. The first kappa shape index (κ1) is 16.3. The molecule has 1 unspecified atom stereocenters. The second-order valence-corrected chi connectivity index (χ2v) is 9.68. The number of thioether (sulfide) groups is 1. The van der Waals surface area contributed by atoms with Gasteiger partial charge in [0.1, 0.15) is 4.21 Å². The second kappa shape index (κ2) is 6.79. The summed E-state index contributed by atoms with van der Waals surface area (Å²) in [4.78, 5) is 1.10. The monoisotopic (exact) mass is 334 g/mol. The highest BCUT2D eigenvalue weighted by atomic mass is 32.2. The number of nitrogens with zero attached hydrogens (tertiary/aromatic N) is 1. The largest absolute Gasteiger partial charge is 0.315 e. The summed E-state index contributed by atoms with van der Waals surface area (Å²) in [6, 6.07) is 1.81. The minimum Gasteiger partial charge on any atom is -0.315 e. The van der Waals surface area contributed by atoms with Crippen LogP contribution >= 0.6 is 23.1 Å². The first-order chi connectivity index (χ1) is 9.48. The number of nitrogens with one attached hydrogen (secondary N) is 1. The van der Waals surface area contributed by atoms with E-state index < -0.39 is 10.0 Å². The van der Waals surface area contributed by atoms with E-state index in [9.17, 15) is 8.42 Å². The third-order valence-electron chi connectivity index (χ3n) is 3.49. The predicted molar refractivity (Wildman–Crippen MR) is 87.1 cm³/mol. The van der Waals surface area contributed by atoms with Crippen LogP contribution in [0.5, 0.6) is 0 Å². The fourth-order valence-electron chi connectivity index (χ4n) is 2.24. The SMILES string of the molecule is CCC1CN(S(=O)(=O)c2cc(C)c(CNC)s2)CCS1. The topological polar surface area (TPSA) is 49.4 Å². The summed E-state index contributed by atoms with van der Waals surface area (Å²) < 4.78 is 27.6. The summed E-state index contributed by atoms with van der Waals surface area (Å²) >= 11 is 3.28. The van der Waals surface area contributed by atoms with Crippen LogP contribution in [-0.4, -0.2) is 43.9 Å². The lowest BCUT2D eigenvalue weighted by Crippen LogP contribution is -2.41. The van der Waals surface area contributed by atoms with Crippen LogP contribution in [0.15, 0.2) is 10.3 Å². The van der Waals surface area contributed by atoms with Crippen molar-refractivity contribution in [2.24, 2.45) is 0 Å². The first-order valence-electron chi connectivity index (χ1n) is 6.84. The molecule has 2 heterocycles. The Kier molecular flexibility index (Phi) is 5.53. The summed E-state index contributed by atoms with van der Waals surface area (Å²) in [5, 5.41) is 3.51. The summed E-state index contributed by atoms with van der Waals surface area (Å²) in [5.41, 5.74) is 1.06. The molecule has 114 valence electrons. The third kappa shape index (κ3) is 3.39. The van der Waals surface area contributed by atoms with Crippen molar-refractivity contribution >= 4 is 33.1 Å². The normalized spacial score (nSPS) is 21.2. The molecule has 0 radical (unpaired) electrons. The Morgan fingerprint density at radius 3 is 2.90 bits per heavy atom. The second-order valence-electron chi connectivity index (χ2n) is 4.97. The van der Waals surface area contributed by atoms with Gasteiger partial charge in [0, 0.05) is 35.5 Å². The van der Waals surface area contributed by atoms with Crippen LogP contribution in [-0.2, 0) is 16.6 Å². The lowest BCUT2D eigenvalue weighted by Gasteiger charge is -2.30. The number of rotatable bonds is 5. The van der Waals surface area contributed by atoms with Gasteiger partial charge in [0.05, 0.1) is 0 Å². The van der Waals surface area contributed by atoms with Crippen LogP contribution in [0.1, 0.15) is 23.8 Å². The standard InChI is InChI=1S/C13H22N2O2S3/c1-4-11-9-15(5-6-18-11)20(16,17)13-7-10(2)12(19-13)8-14-3/h7,11,14H,4-6,8-9H2,1-3H3. The molecule has 1 aliphatic rings.